The molecule has 2 heteroatoms. The van der Waals surface area contributed by atoms with Gasteiger partial charge in [0.1, 0.15) is 5.75 Å². The maximum absolute atomic E-state index is 5.40. The second kappa shape index (κ2) is 6.44. The lowest BCUT2D eigenvalue weighted by atomic mass is 9.94. The molecule has 0 aromatic heterocycles. The monoisotopic (exact) mass is 298 g/mol. The van der Waals surface area contributed by atoms with E-state index >= 15 is 0 Å². The van der Waals surface area contributed by atoms with E-state index in [9.17, 15) is 0 Å². The summed E-state index contributed by atoms with van der Waals surface area (Å²) in [7, 11) is 1.74. The average molecular weight is 299 g/mol. The number of ether oxygens (including phenoxy) is 1. The molecule has 0 N–H and O–H groups in total. The lowest BCUT2D eigenvalue weighted by molar-refractivity contribution is 0.408. The number of methoxy groups -OCH3 is 1. The van der Waals surface area contributed by atoms with Gasteiger partial charge in [0.2, 0.25) is 0 Å². The zero-order valence-electron chi connectivity index (χ0n) is 11.5. The molecule has 0 bridgehead atoms. The van der Waals surface area contributed by atoms with Gasteiger partial charge < -0.3 is 4.74 Å². The maximum atomic E-state index is 5.40. The van der Waals surface area contributed by atoms with Crippen molar-refractivity contribution in [3.05, 3.63) is 28.8 Å². The Balaban J connectivity index is 2.99. The third kappa shape index (κ3) is 3.48. The Labute approximate surface area is 114 Å². The molecule has 0 saturated heterocycles. The molecular weight excluding hydrogens is 276 g/mol. The number of halogens is 1. The molecule has 1 aromatic rings. The van der Waals surface area contributed by atoms with E-state index < -0.39 is 0 Å². The molecular formula is C15H23BrO. The topological polar surface area (TPSA) is 9.23 Å². The summed E-state index contributed by atoms with van der Waals surface area (Å²) in [6.45, 7) is 8.76. The van der Waals surface area contributed by atoms with Crippen molar-refractivity contribution in [1.29, 1.82) is 0 Å². The van der Waals surface area contributed by atoms with Crippen molar-refractivity contribution in [1.82, 2.24) is 0 Å². The molecule has 2 unspecified atom stereocenters. The highest BCUT2D eigenvalue weighted by atomic mass is 79.9. The summed E-state index contributed by atoms with van der Waals surface area (Å²) in [6.07, 6.45) is 2.48. The third-order valence-electron chi connectivity index (χ3n) is 3.25. The fourth-order valence-corrected chi connectivity index (χ4v) is 2.92. The Morgan fingerprint density at radius 1 is 1.24 bits per heavy atom. The molecule has 0 amide bonds. The van der Waals surface area contributed by atoms with Gasteiger partial charge in [-0.3, -0.25) is 0 Å². The molecule has 1 aromatic carbocycles. The average Bonchev–Trinajstić information content (AvgIpc) is 2.27. The van der Waals surface area contributed by atoms with Crippen molar-refractivity contribution in [2.24, 2.45) is 5.92 Å². The zero-order valence-corrected chi connectivity index (χ0v) is 13.1. The van der Waals surface area contributed by atoms with Crippen LogP contribution < -0.4 is 4.74 Å². The van der Waals surface area contributed by atoms with E-state index in [0.717, 1.165) is 5.75 Å². The van der Waals surface area contributed by atoms with Gasteiger partial charge in [-0.1, -0.05) is 48.3 Å². The Kier molecular flexibility index (Phi) is 5.51. The SMILES string of the molecule is CCCC(C)C(Br)c1cc(C)c(OC)c(C)c1. The van der Waals surface area contributed by atoms with E-state index in [2.05, 4.69) is 55.8 Å². The highest BCUT2D eigenvalue weighted by Crippen LogP contribution is 2.36. The van der Waals surface area contributed by atoms with E-state index in [1.54, 1.807) is 7.11 Å². The van der Waals surface area contributed by atoms with Gasteiger partial charge in [-0.15, -0.1) is 0 Å². The van der Waals surface area contributed by atoms with Crippen LogP contribution in [-0.2, 0) is 0 Å². The molecule has 1 nitrogen and oxygen atoms in total. The molecule has 0 spiro atoms. The molecule has 0 aliphatic rings. The van der Waals surface area contributed by atoms with Gasteiger partial charge in [0, 0.05) is 4.83 Å². The number of benzene rings is 1. The van der Waals surface area contributed by atoms with Gasteiger partial charge in [0.05, 0.1) is 7.11 Å². The molecule has 0 aliphatic carbocycles. The zero-order chi connectivity index (χ0) is 13.0. The van der Waals surface area contributed by atoms with E-state index in [1.807, 2.05) is 0 Å². The van der Waals surface area contributed by atoms with Crippen LogP contribution in [-0.4, -0.2) is 7.11 Å². The van der Waals surface area contributed by atoms with Crippen LogP contribution in [0.4, 0.5) is 0 Å². The quantitative estimate of drug-likeness (QED) is 0.680. The minimum atomic E-state index is 0.436. The van der Waals surface area contributed by atoms with Crippen LogP contribution in [0.15, 0.2) is 12.1 Å². The van der Waals surface area contributed by atoms with E-state index in [-0.39, 0.29) is 0 Å². The number of alkyl halides is 1. The van der Waals surface area contributed by atoms with Crippen LogP contribution >= 0.6 is 15.9 Å². The summed E-state index contributed by atoms with van der Waals surface area (Å²) in [5.41, 5.74) is 3.80. The summed E-state index contributed by atoms with van der Waals surface area (Å²) in [5, 5.41) is 0. The first-order chi connectivity index (χ1) is 8.01. The Bertz CT molecular complexity index is 350. The number of hydrogen-bond donors (Lipinski definition) is 0. The Hall–Kier alpha value is -0.500. The van der Waals surface area contributed by atoms with Crippen molar-refractivity contribution < 1.29 is 4.74 Å². The van der Waals surface area contributed by atoms with E-state index in [4.69, 9.17) is 4.74 Å². The van der Waals surface area contributed by atoms with E-state index in [1.165, 1.54) is 29.5 Å². The summed E-state index contributed by atoms with van der Waals surface area (Å²) in [5.74, 6) is 1.67. The Morgan fingerprint density at radius 3 is 2.18 bits per heavy atom. The molecule has 96 valence electrons. The summed E-state index contributed by atoms with van der Waals surface area (Å²) in [4.78, 5) is 0.436. The van der Waals surface area contributed by atoms with Crippen molar-refractivity contribution in [3.8, 4) is 5.75 Å². The van der Waals surface area contributed by atoms with Gasteiger partial charge >= 0.3 is 0 Å². The van der Waals surface area contributed by atoms with Gasteiger partial charge in [0.25, 0.3) is 0 Å². The molecule has 0 aliphatic heterocycles. The predicted molar refractivity (Wildman–Crippen MR) is 78.2 cm³/mol. The van der Waals surface area contributed by atoms with Gasteiger partial charge in [-0.25, -0.2) is 0 Å². The molecule has 0 fully saturated rings. The van der Waals surface area contributed by atoms with Crippen molar-refractivity contribution in [2.45, 2.75) is 45.4 Å². The maximum Gasteiger partial charge on any atom is 0.124 e. The van der Waals surface area contributed by atoms with Crippen molar-refractivity contribution >= 4 is 15.9 Å². The molecule has 2 atom stereocenters. The van der Waals surface area contributed by atoms with Crippen LogP contribution in [0.5, 0.6) is 5.75 Å². The smallest absolute Gasteiger partial charge is 0.124 e. The standard InChI is InChI=1S/C15H23BrO/c1-6-7-10(2)14(16)13-8-11(3)15(17-5)12(4)9-13/h8-10,14H,6-7H2,1-5H3. The van der Waals surface area contributed by atoms with E-state index in [0.29, 0.717) is 10.7 Å². The summed E-state index contributed by atoms with van der Waals surface area (Å²) in [6, 6.07) is 4.47. The van der Waals surface area contributed by atoms with Gasteiger partial charge in [-0.05, 0) is 42.9 Å². The first kappa shape index (κ1) is 14.6. The highest BCUT2D eigenvalue weighted by Gasteiger charge is 2.17. The van der Waals surface area contributed by atoms with Crippen LogP contribution in [0.3, 0.4) is 0 Å². The number of aryl methyl sites for hydroxylation is 2. The lowest BCUT2D eigenvalue weighted by Gasteiger charge is -2.20. The number of hydrogen-bond acceptors (Lipinski definition) is 1. The van der Waals surface area contributed by atoms with Crippen LogP contribution in [0, 0.1) is 19.8 Å². The fourth-order valence-electron chi connectivity index (χ4n) is 2.40. The van der Waals surface area contributed by atoms with Gasteiger partial charge in [-0.2, -0.15) is 0 Å². The minimum Gasteiger partial charge on any atom is -0.496 e. The van der Waals surface area contributed by atoms with Crippen LogP contribution in [0.1, 0.15) is 48.2 Å². The molecule has 17 heavy (non-hydrogen) atoms. The second-order valence-electron chi connectivity index (χ2n) is 4.86. The third-order valence-corrected chi connectivity index (χ3v) is 4.68. The van der Waals surface area contributed by atoms with Crippen molar-refractivity contribution in [2.75, 3.05) is 7.11 Å². The van der Waals surface area contributed by atoms with Gasteiger partial charge in [0.15, 0.2) is 0 Å². The largest absolute Gasteiger partial charge is 0.496 e. The first-order valence-corrected chi connectivity index (χ1v) is 7.22. The summed E-state index contributed by atoms with van der Waals surface area (Å²) >= 11 is 3.83. The molecule has 0 heterocycles. The molecule has 0 radical (unpaired) electrons. The molecule has 0 saturated carbocycles. The number of rotatable bonds is 5. The normalized spacial score (nSPS) is 14.5. The fraction of sp³-hybridized carbons (Fsp3) is 0.600. The predicted octanol–water partition coefficient (Wildman–Crippen LogP) is 5.18. The summed E-state index contributed by atoms with van der Waals surface area (Å²) < 4.78 is 5.40. The first-order valence-electron chi connectivity index (χ1n) is 6.30. The van der Waals surface area contributed by atoms with Crippen LogP contribution in [0.2, 0.25) is 0 Å². The Morgan fingerprint density at radius 2 is 1.76 bits per heavy atom. The minimum absolute atomic E-state index is 0.436. The lowest BCUT2D eigenvalue weighted by Crippen LogP contribution is -2.04. The van der Waals surface area contributed by atoms with Crippen LogP contribution in [0.25, 0.3) is 0 Å². The second-order valence-corrected chi connectivity index (χ2v) is 5.84. The van der Waals surface area contributed by atoms with Crippen molar-refractivity contribution in [3.63, 3.8) is 0 Å². The highest BCUT2D eigenvalue weighted by molar-refractivity contribution is 9.09. The molecule has 1 rings (SSSR count).